The first-order chi connectivity index (χ1) is 15.9. The van der Waals surface area contributed by atoms with Gasteiger partial charge in [0.15, 0.2) is 0 Å². The summed E-state index contributed by atoms with van der Waals surface area (Å²) < 4.78 is 66.1. The third kappa shape index (κ3) is 5.20. The SMILES string of the molecule is CC(C)n1c2c(c(=O)n(C)c1=O)C(=S(=O)=O)C(Cc1ccccc1C(F)(F)F)S2.c1cscn1. The molecule has 1 atom stereocenters. The van der Waals surface area contributed by atoms with E-state index in [1.807, 2.05) is 5.38 Å². The molecule has 13 heteroatoms. The van der Waals surface area contributed by atoms with Gasteiger partial charge in [0.05, 0.1) is 26.9 Å². The van der Waals surface area contributed by atoms with Crippen molar-refractivity contribution in [3.63, 3.8) is 0 Å². The molecule has 1 aliphatic heterocycles. The van der Waals surface area contributed by atoms with Crippen LogP contribution in [0.3, 0.4) is 0 Å². The van der Waals surface area contributed by atoms with Crippen LogP contribution in [0.5, 0.6) is 0 Å². The Morgan fingerprint density at radius 2 is 1.85 bits per heavy atom. The molecular weight excluding hydrogens is 511 g/mol. The highest BCUT2D eigenvalue weighted by Crippen LogP contribution is 2.40. The summed E-state index contributed by atoms with van der Waals surface area (Å²) in [5, 5.41) is 1.15. The minimum Gasteiger partial charge on any atom is -0.285 e. The molecule has 0 radical (unpaired) electrons. The van der Waals surface area contributed by atoms with Gasteiger partial charge in [0.1, 0.15) is 4.86 Å². The highest BCUT2D eigenvalue weighted by molar-refractivity contribution is 8.02. The van der Waals surface area contributed by atoms with E-state index in [1.54, 1.807) is 36.9 Å². The zero-order valence-electron chi connectivity index (χ0n) is 18.2. The number of thioether (sulfide) groups is 1. The van der Waals surface area contributed by atoms with Crippen molar-refractivity contribution < 1.29 is 21.6 Å². The van der Waals surface area contributed by atoms with E-state index >= 15 is 0 Å². The quantitative estimate of drug-likeness (QED) is 0.380. The van der Waals surface area contributed by atoms with E-state index in [4.69, 9.17) is 0 Å². The summed E-state index contributed by atoms with van der Waals surface area (Å²) in [6, 6.07) is 4.53. The molecule has 0 spiro atoms. The van der Waals surface area contributed by atoms with E-state index in [0.717, 1.165) is 22.4 Å². The van der Waals surface area contributed by atoms with Crippen LogP contribution >= 0.6 is 23.1 Å². The zero-order chi connectivity index (χ0) is 25.2. The van der Waals surface area contributed by atoms with Crippen molar-refractivity contribution in [3.8, 4) is 0 Å². The first-order valence-electron chi connectivity index (χ1n) is 9.91. The average Bonchev–Trinajstić information content (AvgIpc) is 3.43. The number of alkyl halides is 3. The number of hydrogen-bond donors (Lipinski definition) is 0. The van der Waals surface area contributed by atoms with Gasteiger partial charge in [-0.3, -0.25) is 18.9 Å². The van der Waals surface area contributed by atoms with Crippen molar-refractivity contribution in [1.29, 1.82) is 0 Å². The summed E-state index contributed by atoms with van der Waals surface area (Å²) in [5.74, 6) is 0. The number of thiazole rings is 1. The first kappa shape index (κ1) is 26.0. The van der Waals surface area contributed by atoms with Gasteiger partial charge in [-0.05, 0) is 31.9 Å². The number of nitrogens with zero attached hydrogens (tertiary/aromatic N) is 3. The van der Waals surface area contributed by atoms with Crippen molar-refractivity contribution >= 4 is 38.3 Å². The Morgan fingerprint density at radius 3 is 2.35 bits per heavy atom. The molecule has 4 rings (SSSR count). The van der Waals surface area contributed by atoms with E-state index < -0.39 is 38.5 Å². The van der Waals surface area contributed by atoms with Crippen LogP contribution in [0, 0.1) is 0 Å². The molecule has 182 valence electrons. The second-order valence-corrected chi connectivity index (χ2v) is 10.4. The largest absolute Gasteiger partial charge is 0.416 e. The Morgan fingerprint density at radius 1 is 1.18 bits per heavy atom. The summed E-state index contributed by atoms with van der Waals surface area (Å²) in [4.78, 5) is 28.6. The standard InChI is InChI=1S/C18H17F3N2O4S2.C3H3NS/c1-9(2)23-16-13(15(24)22(3)17(23)25)14(29(26)27)12(28-16)8-10-6-4-5-7-11(10)18(19,20)21;1-2-5-3-4-1/h4-7,9,12H,8H2,1-3H3;1-3H. The molecule has 34 heavy (non-hydrogen) atoms. The maximum absolute atomic E-state index is 13.3. The van der Waals surface area contributed by atoms with E-state index in [0.29, 0.717) is 0 Å². The molecule has 1 unspecified atom stereocenters. The third-order valence-electron chi connectivity index (χ3n) is 5.01. The highest BCUT2D eigenvalue weighted by Gasteiger charge is 2.39. The third-order valence-corrected chi connectivity index (χ3v) is 7.84. The summed E-state index contributed by atoms with van der Waals surface area (Å²) >= 11 is 2.53. The van der Waals surface area contributed by atoms with Crippen LogP contribution < -0.4 is 11.2 Å². The van der Waals surface area contributed by atoms with Gasteiger partial charge in [-0.2, -0.15) is 21.6 Å². The number of hydrogen-bond acceptors (Lipinski definition) is 7. The van der Waals surface area contributed by atoms with Crippen molar-refractivity contribution in [2.75, 3.05) is 0 Å². The van der Waals surface area contributed by atoms with Gasteiger partial charge >= 0.3 is 11.9 Å². The van der Waals surface area contributed by atoms with Crippen molar-refractivity contribution in [1.82, 2.24) is 14.1 Å². The molecular formula is C21H20F3N3O4S3. The Labute approximate surface area is 202 Å². The van der Waals surface area contributed by atoms with Gasteiger partial charge in [-0.25, -0.2) is 4.79 Å². The number of benzene rings is 1. The summed E-state index contributed by atoms with van der Waals surface area (Å²) in [6.45, 7) is 3.40. The summed E-state index contributed by atoms with van der Waals surface area (Å²) in [6.07, 6.45) is -3.09. The monoisotopic (exact) mass is 531 g/mol. The average molecular weight is 532 g/mol. The number of halogens is 3. The van der Waals surface area contributed by atoms with Crippen molar-refractivity contribution in [2.24, 2.45) is 7.05 Å². The lowest BCUT2D eigenvalue weighted by atomic mass is 10.00. The van der Waals surface area contributed by atoms with E-state index in [1.165, 1.54) is 29.8 Å². The molecule has 3 heterocycles. The van der Waals surface area contributed by atoms with E-state index in [-0.39, 0.29) is 33.5 Å². The second-order valence-electron chi connectivity index (χ2n) is 7.53. The fourth-order valence-electron chi connectivity index (χ4n) is 3.52. The normalized spacial score (nSPS) is 15.1. The molecule has 2 aromatic heterocycles. The van der Waals surface area contributed by atoms with Crippen LogP contribution in [0.2, 0.25) is 0 Å². The molecule has 0 saturated heterocycles. The lowest BCUT2D eigenvalue weighted by molar-refractivity contribution is -0.138. The molecule has 7 nitrogen and oxygen atoms in total. The zero-order valence-corrected chi connectivity index (χ0v) is 20.7. The molecule has 0 bridgehead atoms. The molecule has 1 aromatic carbocycles. The van der Waals surface area contributed by atoms with Crippen LogP contribution in [0.25, 0.3) is 0 Å². The predicted molar refractivity (Wildman–Crippen MR) is 126 cm³/mol. The van der Waals surface area contributed by atoms with Crippen LogP contribution in [0.15, 0.2) is 56.0 Å². The van der Waals surface area contributed by atoms with Crippen molar-refractivity contribution in [3.05, 3.63) is 78.9 Å². The van der Waals surface area contributed by atoms with Gasteiger partial charge in [-0.15, -0.1) is 11.3 Å². The van der Waals surface area contributed by atoms with E-state index in [9.17, 15) is 31.2 Å². The fraction of sp³-hybridized carbons (Fsp3) is 0.333. The van der Waals surface area contributed by atoms with Crippen LogP contribution in [0.1, 0.15) is 36.6 Å². The fourth-order valence-corrected chi connectivity index (χ4v) is 6.44. The molecule has 1 aliphatic rings. The predicted octanol–water partition coefficient (Wildman–Crippen LogP) is 3.41. The van der Waals surface area contributed by atoms with Crippen LogP contribution in [-0.2, 0) is 29.9 Å². The van der Waals surface area contributed by atoms with Crippen LogP contribution in [-0.4, -0.2) is 32.7 Å². The number of aromatic nitrogens is 3. The van der Waals surface area contributed by atoms with Gasteiger partial charge in [0.25, 0.3) is 5.56 Å². The van der Waals surface area contributed by atoms with Crippen LogP contribution in [0.4, 0.5) is 13.2 Å². The molecule has 0 amide bonds. The number of rotatable bonds is 3. The lowest BCUT2D eigenvalue weighted by Gasteiger charge is -2.16. The Kier molecular flexibility index (Phi) is 7.88. The minimum atomic E-state index is -4.60. The lowest BCUT2D eigenvalue weighted by Crippen LogP contribution is -2.42. The maximum Gasteiger partial charge on any atom is 0.416 e. The number of fused-ring (bicyclic) bond motifs is 1. The summed E-state index contributed by atoms with van der Waals surface area (Å²) in [7, 11) is -1.60. The summed E-state index contributed by atoms with van der Waals surface area (Å²) in [5.41, 5.74) is -0.678. The molecule has 0 N–H and O–H groups in total. The molecule has 0 saturated carbocycles. The van der Waals surface area contributed by atoms with Crippen molar-refractivity contribution in [2.45, 2.75) is 42.8 Å². The first-order valence-corrected chi connectivity index (χ1v) is 12.8. The molecule has 3 aromatic rings. The van der Waals surface area contributed by atoms with Gasteiger partial charge in [-0.1, -0.05) is 30.0 Å². The Bertz CT molecular complexity index is 1420. The molecule has 0 fully saturated rings. The minimum absolute atomic E-state index is 0.0801. The van der Waals surface area contributed by atoms with Gasteiger partial charge < -0.3 is 0 Å². The highest BCUT2D eigenvalue weighted by atomic mass is 32.2. The second kappa shape index (κ2) is 10.3. The van der Waals surface area contributed by atoms with E-state index in [2.05, 4.69) is 4.98 Å². The van der Waals surface area contributed by atoms with Gasteiger partial charge in [0.2, 0.25) is 10.3 Å². The Balaban J connectivity index is 0.000000574. The smallest absolute Gasteiger partial charge is 0.285 e. The maximum atomic E-state index is 13.3. The van der Waals surface area contributed by atoms with Gasteiger partial charge in [0, 0.05) is 24.7 Å². The topological polar surface area (TPSA) is 91.0 Å². The molecule has 0 aliphatic carbocycles. The Hall–Kier alpha value is -2.64.